The number of ether oxygens (including phenoxy) is 2. The highest BCUT2D eigenvalue weighted by Crippen LogP contribution is 2.31. The first-order chi connectivity index (χ1) is 15.5. The van der Waals surface area contributed by atoms with Gasteiger partial charge in [0.15, 0.2) is 16.6 Å². The number of aryl methyl sites for hydroxylation is 2. The van der Waals surface area contributed by atoms with Gasteiger partial charge in [-0.05, 0) is 51.0 Å². The van der Waals surface area contributed by atoms with Crippen molar-refractivity contribution in [1.29, 1.82) is 0 Å². The number of anilines is 1. The lowest BCUT2D eigenvalue weighted by atomic mass is 10.1. The van der Waals surface area contributed by atoms with Crippen LogP contribution in [0.25, 0.3) is 17.3 Å². The molecule has 0 saturated heterocycles. The van der Waals surface area contributed by atoms with E-state index >= 15 is 0 Å². The third-order valence-electron chi connectivity index (χ3n) is 4.80. The molecule has 0 aliphatic carbocycles. The van der Waals surface area contributed by atoms with E-state index in [4.69, 9.17) is 9.47 Å². The molecule has 1 heterocycles. The largest absolute Gasteiger partial charge is 0.490 e. The maximum Gasteiger partial charge on any atom is 0.250 e. The van der Waals surface area contributed by atoms with Gasteiger partial charge in [-0.2, -0.15) is 0 Å². The van der Waals surface area contributed by atoms with Crippen molar-refractivity contribution in [3.63, 3.8) is 0 Å². The molecule has 6 heteroatoms. The predicted molar refractivity (Wildman–Crippen MR) is 133 cm³/mol. The molecule has 2 aromatic carbocycles. The molecule has 1 aromatic heterocycles. The Hall–Kier alpha value is -3.12. The van der Waals surface area contributed by atoms with E-state index in [-0.39, 0.29) is 5.91 Å². The molecule has 1 N–H and O–H groups in total. The van der Waals surface area contributed by atoms with Gasteiger partial charge >= 0.3 is 0 Å². The number of carbonyl (C=O) groups is 1. The molecule has 1 amide bonds. The number of benzene rings is 2. The van der Waals surface area contributed by atoms with Crippen molar-refractivity contribution in [2.75, 3.05) is 18.5 Å². The molecule has 168 valence electrons. The summed E-state index contributed by atoms with van der Waals surface area (Å²) in [6.07, 6.45) is 5.33. The summed E-state index contributed by atoms with van der Waals surface area (Å²) in [4.78, 5) is 18.1. The number of nitrogens with zero attached hydrogens (tertiary/aromatic N) is 1. The van der Waals surface area contributed by atoms with Crippen LogP contribution in [0.15, 0.2) is 48.5 Å². The Morgan fingerprint density at radius 2 is 1.84 bits per heavy atom. The first kappa shape index (κ1) is 23.5. The quantitative estimate of drug-likeness (QED) is 0.277. The molecule has 5 nitrogen and oxygen atoms in total. The van der Waals surface area contributed by atoms with E-state index in [0.717, 1.165) is 40.3 Å². The van der Waals surface area contributed by atoms with Gasteiger partial charge in [0.1, 0.15) is 0 Å². The van der Waals surface area contributed by atoms with E-state index in [2.05, 4.69) is 48.4 Å². The van der Waals surface area contributed by atoms with Crippen molar-refractivity contribution < 1.29 is 14.3 Å². The highest BCUT2D eigenvalue weighted by Gasteiger charge is 2.11. The minimum absolute atomic E-state index is 0.226. The number of amides is 1. The van der Waals surface area contributed by atoms with E-state index in [1.54, 1.807) is 6.08 Å². The minimum Gasteiger partial charge on any atom is -0.490 e. The van der Waals surface area contributed by atoms with Gasteiger partial charge in [0.05, 0.1) is 18.9 Å². The summed E-state index contributed by atoms with van der Waals surface area (Å²) in [6, 6.07) is 13.9. The number of nitrogens with one attached hydrogen (secondary N) is 1. The monoisotopic (exact) mass is 450 g/mol. The highest BCUT2D eigenvalue weighted by molar-refractivity contribution is 7.16. The maximum absolute atomic E-state index is 12.5. The van der Waals surface area contributed by atoms with Crippen molar-refractivity contribution in [3.05, 3.63) is 64.5 Å². The second-order valence-electron chi connectivity index (χ2n) is 7.45. The van der Waals surface area contributed by atoms with Gasteiger partial charge in [0.25, 0.3) is 0 Å². The smallest absolute Gasteiger partial charge is 0.250 e. The Kier molecular flexibility index (Phi) is 8.45. The molecule has 0 fully saturated rings. The van der Waals surface area contributed by atoms with E-state index in [1.807, 2.05) is 32.0 Å². The number of hydrogen-bond donors (Lipinski definition) is 1. The molecule has 0 spiro atoms. The second-order valence-corrected chi connectivity index (χ2v) is 8.66. The van der Waals surface area contributed by atoms with Crippen molar-refractivity contribution in [3.8, 4) is 22.8 Å². The van der Waals surface area contributed by atoms with Gasteiger partial charge in [0, 0.05) is 16.5 Å². The number of rotatable bonds is 10. The van der Waals surface area contributed by atoms with E-state index in [9.17, 15) is 4.79 Å². The SMILES string of the molecule is CCCCOc1ccc(/C=C/C(=O)Nc2nc(-c3ccc(C)cc3)c(C)s2)cc1OCC. The fourth-order valence-corrected chi connectivity index (χ4v) is 3.93. The number of unbranched alkanes of at least 4 members (excludes halogenated alkanes) is 1. The number of aromatic nitrogens is 1. The van der Waals surface area contributed by atoms with Gasteiger partial charge in [-0.25, -0.2) is 4.98 Å². The molecule has 3 aromatic rings. The molecule has 0 bridgehead atoms. The predicted octanol–water partition coefficient (Wildman–Crippen LogP) is 6.66. The highest BCUT2D eigenvalue weighted by atomic mass is 32.1. The third kappa shape index (κ3) is 6.44. The van der Waals surface area contributed by atoms with Crippen LogP contribution in [0.3, 0.4) is 0 Å². The number of hydrogen-bond acceptors (Lipinski definition) is 5. The van der Waals surface area contributed by atoms with Crippen molar-refractivity contribution >= 4 is 28.5 Å². The van der Waals surface area contributed by atoms with Crippen LogP contribution in [0.1, 0.15) is 42.7 Å². The maximum atomic E-state index is 12.5. The summed E-state index contributed by atoms with van der Waals surface area (Å²) in [6.45, 7) is 9.34. The summed E-state index contributed by atoms with van der Waals surface area (Å²) in [5, 5.41) is 3.45. The molecule has 0 saturated carbocycles. The first-order valence-electron chi connectivity index (χ1n) is 10.9. The van der Waals surface area contributed by atoms with E-state index < -0.39 is 0 Å². The molecule has 0 radical (unpaired) electrons. The van der Waals surface area contributed by atoms with Crippen LogP contribution in [-0.4, -0.2) is 24.1 Å². The Morgan fingerprint density at radius 1 is 1.06 bits per heavy atom. The zero-order chi connectivity index (χ0) is 22.9. The number of carbonyl (C=O) groups excluding carboxylic acids is 1. The van der Waals surface area contributed by atoms with E-state index in [0.29, 0.717) is 24.1 Å². The van der Waals surface area contributed by atoms with Crippen molar-refractivity contribution in [2.45, 2.75) is 40.5 Å². The summed E-state index contributed by atoms with van der Waals surface area (Å²) in [5.74, 6) is 1.18. The van der Waals surface area contributed by atoms with Crippen LogP contribution in [0, 0.1) is 13.8 Å². The lowest BCUT2D eigenvalue weighted by Crippen LogP contribution is -2.07. The fourth-order valence-electron chi connectivity index (χ4n) is 3.09. The fraction of sp³-hybridized carbons (Fsp3) is 0.308. The van der Waals surface area contributed by atoms with Crippen LogP contribution in [-0.2, 0) is 4.79 Å². The number of thiazole rings is 1. The van der Waals surface area contributed by atoms with Crippen LogP contribution in [0.2, 0.25) is 0 Å². The van der Waals surface area contributed by atoms with Crippen LogP contribution >= 0.6 is 11.3 Å². The molecular weight excluding hydrogens is 420 g/mol. The van der Waals surface area contributed by atoms with Gasteiger partial charge in [-0.1, -0.05) is 49.2 Å². The standard InChI is InChI=1S/C26H30N2O3S/c1-5-7-16-31-22-14-10-20(17-23(22)30-6-2)11-15-24(29)27-26-28-25(19(4)32-26)21-12-8-18(3)9-13-21/h8-15,17H,5-7,16H2,1-4H3,(H,27,28,29)/b15-11+. The molecular formula is C26H30N2O3S. The molecule has 0 atom stereocenters. The zero-order valence-corrected chi connectivity index (χ0v) is 19.9. The molecule has 3 rings (SSSR count). The molecule has 32 heavy (non-hydrogen) atoms. The van der Waals surface area contributed by atoms with E-state index in [1.165, 1.54) is 23.0 Å². The molecule has 0 unspecified atom stereocenters. The lowest BCUT2D eigenvalue weighted by Gasteiger charge is -2.12. The first-order valence-corrected chi connectivity index (χ1v) is 11.7. The summed E-state index contributed by atoms with van der Waals surface area (Å²) < 4.78 is 11.5. The Bertz CT molecular complexity index is 1070. The van der Waals surface area contributed by atoms with Gasteiger partial charge in [-0.3, -0.25) is 10.1 Å². The topological polar surface area (TPSA) is 60.5 Å². The lowest BCUT2D eigenvalue weighted by molar-refractivity contribution is -0.111. The zero-order valence-electron chi connectivity index (χ0n) is 19.1. The van der Waals surface area contributed by atoms with Crippen LogP contribution in [0.5, 0.6) is 11.5 Å². The summed E-state index contributed by atoms with van der Waals surface area (Å²) in [5.41, 5.74) is 4.01. The summed E-state index contributed by atoms with van der Waals surface area (Å²) >= 11 is 1.47. The summed E-state index contributed by atoms with van der Waals surface area (Å²) in [7, 11) is 0. The Balaban J connectivity index is 1.67. The van der Waals surface area contributed by atoms with Crippen molar-refractivity contribution in [1.82, 2.24) is 4.98 Å². The molecule has 0 aliphatic heterocycles. The van der Waals surface area contributed by atoms with Gasteiger partial charge in [0.2, 0.25) is 5.91 Å². The third-order valence-corrected chi connectivity index (χ3v) is 5.69. The van der Waals surface area contributed by atoms with Gasteiger partial charge < -0.3 is 9.47 Å². The minimum atomic E-state index is -0.226. The Morgan fingerprint density at radius 3 is 2.56 bits per heavy atom. The normalized spacial score (nSPS) is 11.0. The molecule has 0 aliphatic rings. The van der Waals surface area contributed by atoms with Crippen LogP contribution < -0.4 is 14.8 Å². The van der Waals surface area contributed by atoms with Crippen molar-refractivity contribution in [2.24, 2.45) is 0 Å². The average Bonchev–Trinajstić information content (AvgIpc) is 3.14. The second kappa shape index (κ2) is 11.5. The van der Waals surface area contributed by atoms with Gasteiger partial charge in [-0.15, -0.1) is 11.3 Å². The Labute approximate surface area is 194 Å². The van der Waals surface area contributed by atoms with Crippen LogP contribution in [0.4, 0.5) is 5.13 Å². The average molecular weight is 451 g/mol.